The average Bonchev–Trinajstić information content (AvgIpc) is 3.00. The van der Waals surface area contributed by atoms with Crippen molar-refractivity contribution in [2.24, 2.45) is 23.2 Å². The summed E-state index contributed by atoms with van der Waals surface area (Å²) < 4.78 is 2.11. The first-order valence-corrected chi connectivity index (χ1v) is 11.4. The van der Waals surface area contributed by atoms with Crippen LogP contribution < -0.4 is 10.6 Å². The van der Waals surface area contributed by atoms with E-state index in [2.05, 4.69) is 20.2 Å². The fourth-order valence-electron chi connectivity index (χ4n) is 6.94. The number of para-hydroxylation sites is 2. The minimum absolute atomic E-state index is 0.0450. The number of hydrogen-bond acceptors (Lipinski definition) is 3. The summed E-state index contributed by atoms with van der Waals surface area (Å²) in [6, 6.07) is 8.02. The molecule has 1 aromatic heterocycles. The van der Waals surface area contributed by atoms with Gasteiger partial charge in [-0.1, -0.05) is 12.1 Å². The lowest BCUT2D eigenvalue weighted by atomic mass is 9.49. The van der Waals surface area contributed by atoms with Gasteiger partial charge in [0, 0.05) is 19.5 Å². The number of fused-ring (bicyclic) bond motifs is 1. The Hall–Kier alpha value is -2.37. The molecule has 4 saturated carbocycles. The number of nitrogens with zero attached hydrogens (tertiary/aromatic N) is 2. The summed E-state index contributed by atoms with van der Waals surface area (Å²) in [6.45, 7) is 3.23. The van der Waals surface area contributed by atoms with Crippen molar-refractivity contribution in [2.75, 3.05) is 13.1 Å². The van der Waals surface area contributed by atoms with Crippen molar-refractivity contribution in [3.63, 3.8) is 0 Å². The van der Waals surface area contributed by atoms with Crippen molar-refractivity contribution < 1.29 is 9.59 Å². The van der Waals surface area contributed by atoms with Crippen LogP contribution in [-0.2, 0) is 16.1 Å². The lowest BCUT2D eigenvalue weighted by Gasteiger charge is -2.56. The SMILES string of the molecule is Cc1nc2ccccc2n1CCNC(=O)CNC(=O)CC12CC3CC(CC(C3)C1)C2. The smallest absolute Gasteiger partial charge is 0.239 e. The molecular weight excluding hydrogens is 376 g/mol. The van der Waals surface area contributed by atoms with Crippen molar-refractivity contribution in [3.8, 4) is 0 Å². The molecule has 160 valence electrons. The Morgan fingerprint density at radius 3 is 2.40 bits per heavy atom. The highest BCUT2D eigenvalue weighted by molar-refractivity contribution is 5.85. The molecule has 2 N–H and O–H groups in total. The third kappa shape index (κ3) is 3.84. The second kappa shape index (κ2) is 7.71. The molecule has 0 saturated heterocycles. The molecule has 6 rings (SSSR count). The highest BCUT2D eigenvalue weighted by atomic mass is 16.2. The number of carbonyl (C=O) groups is 2. The van der Waals surface area contributed by atoms with Crippen LogP contribution in [0.1, 0.15) is 50.8 Å². The van der Waals surface area contributed by atoms with Crippen molar-refractivity contribution in [2.45, 2.75) is 58.4 Å². The summed E-state index contributed by atoms with van der Waals surface area (Å²) in [5.74, 6) is 3.38. The minimum Gasteiger partial charge on any atom is -0.353 e. The zero-order valence-electron chi connectivity index (χ0n) is 17.8. The van der Waals surface area contributed by atoms with Crippen LogP contribution in [0.5, 0.6) is 0 Å². The predicted octanol–water partition coefficient (Wildman–Crippen LogP) is 3.18. The third-order valence-electron chi connectivity index (χ3n) is 7.65. The summed E-state index contributed by atoms with van der Waals surface area (Å²) >= 11 is 0. The second-order valence-electron chi connectivity index (χ2n) is 10.0. The Morgan fingerprint density at radius 1 is 1.03 bits per heavy atom. The number of amides is 2. The summed E-state index contributed by atoms with van der Waals surface area (Å²) in [7, 11) is 0. The molecular formula is C24H32N4O2. The van der Waals surface area contributed by atoms with Gasteiger partial charge in [0.1, 0.15) is 5.82 Å². The summed E-state index contributed by atoms with van der Waals surface area (Å²) in [5, 5.41) is 5.80. The molecule has 6 nitrogen and oxygen atoms in total. The van der Waals surface area contributed by atoms with Crippen molar-refractivity contribution in [1.82, 2.24) is 20.2 Å². The summed E-state index contributed by atoms with van der Waals surface area (Å²) in [5.41, 5.74) is 2.27. The van der Waals surface area contributed by atoms with Gasteiger partial charge in [-0.3, -0.25) is 9.59 Å². The summed E-state index contributed by atoms with van der Waals surface area (Å²) in [6.07, 6.45) is 8.41. The van der Waals surface area contributed by atoms with E-state index in [1.165, 1.54) is 38.5 Å². The standard InChI is InChI=1S/C24H32N4O2/c1-16-27-20-4-2-3-5-21(20)28(16)7-6-25-23(30)15-26-22(29)14-24-11-17-8-18(12-24)10-19(9-17)13-24/h2-5,17-19H,6-15H2,1H3,(H,25,30)(H,26,29). The van der Waals surface area contributed by atoms with Crippen LogP contribution in [0.15, 0.2) is 24.3 Å². The number of hydrogen-bond donors (Lipinski definition) is 2. The molecule has 0 aliphatic heterocycles. The molecule has 1 aromatic carbocycles. The van der Waals surface area contributed by atoms with Gasteiger partial charge in [-0.15, -0.1) is 0 Å². The van der Waals surface area contributed by atoms with Crippen molar-refractivity contribution in [1.29, 1.82) is 0 Å². The molecule has 30 heavy (non-hydrogen) atoms. The van der Waals surface area contributed by atoms with Crippen LogP contribution in [0.2, 0.25) is 0 Å². The summed E-state index contributed by atoms with van der Waals surface area (Å²) in [4.78, 5) is 29.4. The van der Waals surface area contributed by atoms with Gasteiger partial charge in [0.2, 0.25) is 11.8 Å². The molecule has 0 unspecified atom stereocenters. The van der Waals surface area contributed by atoms with E-state index in [9.17, 15) is 9.59 Å². The molecule has 2 amide bonds. The van der Waals surface area contributed by atoms with Crippen molar-refractivity contribution in [3.05, 3.63) is 30.1 Å². The zero-order chi connectivity index (χ0) is 20.7. The van der Waals surface area contributed by atoms with E-state index < -0.39 is 0 Å². The van der Waals surface area contributed by atoms with E-state index in [1.54, 1.807) is 0 Å². The van der Waals surface area contributed by atoms with Crippen LogP contribution in [-0.4, -0.2) is 34.5 Å². The van der Waals surface area contributed by atoms with Crippen LogP contribution in [0.25, 0.3) is 11.0 Å². The Balaban J connectivity index is 1.07. The van der Waals surface area contributed by atoms with E-state index >= 15 is 0 Å². The largest absolute Gasteiger partial charge is 0.353 e. The van der Waals surface area contributed by atoms with Gasteiger partial charge in [0.05, 0.1) is 17.6 Å². The Bertz CT molecular complexity index is 928. The first-order valence-electron chi connectivity index (χ1n) is 11.4. The van der Waals surface area contributed by atoms with Crippen LogP contribution in [0.4, 0.5) is 0 Å². The zero-order valence-corrected chi connectivity index (χ0v) is 17.8. The fourth-order valence-corrected chi connectivity index (χ4v) is 6.94. The number of carbonyl (C=O) groups excluding carboxylic acids is 2. The molecule has 4 aliphatic rings. The number of imidazole rings is 1. The average molecular weight is 409 g/mol. The van der Waals surface area contributed by atoms with Gasteiger partial charge in [0.25, 0.3) is 0 Å². The number of benzene rings is 1. The molecule has 6 heteroatoms. The number of nitrogens with one attached hydrogen (secondary N) is 2. The highest BCUT2D eigenvalue weighted by Crippen LogP contribution is 2.61. The second-order valence-corrected chi connectivity index (χ2v) is 10.0. The van der Waals surface area contributed by atoms with Gasteiger partial charge < -0.3 is 15.2 Å². The molecule has 1 heterocycles. The van der Waals surface area contributed by atoms with E-state index in [1.807, 2.05) is 31.2 Å². The van der Waals surface area contributed by atoms with E-state index in [0.29, 0.717) is 19.5 Å². The van der Waals surface area contributed by atoms with Gasteiger partial charge >= 0.3 is 0 Å². The Kier molecular flexibility index (Phi) is 5.03. The molecule has 4 aliphatic carbocycles. The molecule has 2 aromatic rings. The van der Waals surface area contributed by atoms with Crippen LogP contribution in [0, 0.1) is 30.1 Å². The first-order chi connectivity index (χ1) is 14.5. The maximum atomic E-state index is 12.6. The van der Waals surface area contributed by atoms with Gasteiger partial charge in [-0.2, -0.15) is 0 Å². The van der Waals surface area contributed by atoms with Crippen LogP contribution >= 0.6 is 0 Å². The number of rotatable bonds is 7. The molecule has 0 spiro atoms. The Morgan fingerprint density at radius 2 is 1.70 bits per heavy atom. The van der Waals surface area contributed by atoms with E-state index in [4.69, 9.17) is 0 Å². The highest BCUT2D eigenvalue weighted by Gasteiger charge is 2.51. The lowest BCUT2D eigenvalue weighted by Crippen LogP contribution is -2.48. The van der Waals surface area contributed by atoms with E-state index in [-0.39, 0.29) is 23.8 Å². The van der Waals surface area contributed by atoms with Gasteiger partial charge in [-0.25, -0.2) is 4.98 Å². The van der Waals surface area contributed by atoms with Gasteiger partial charge in [0.15, 0.2) is 0 Å². The Labute approximate surface area is 177 Å². The first kappa shape index (κ1) is 19.6. The quantitative estimate of drug-likeness (QED) is 0.739. The van der Waals surface area contributed by atoms with Crippen molar-refractivity contribution >= 4 is 22.8 Å². The van der Waals surface area contributed by atoms with E-state index in [0.717, 1.165) is 34.6 Å². The third-order valence-corrected chi connectivity index (χ3v) is 7.65. The normalized spacial score (nSPS) is 29.3. The predicted molar refractivity (Wildman–Crippen MR) is 116 cm³/mol. The monoisotopic (exact) mass is 408 g/mol. The minimum atomic E-state index is -0.129. The fraction of sp³-hybridized carbons (Fsp3) is 0.625. The molecule has 4 fully saturated rings. The van der Waals surface area contributed by atoms with Gasteiger partial charge in [-0.05, 0) is 80.8 Å². The number of aryl methyl sites for hydroxylation is 1. The topological polar surface area (TPSA) is 76.0 Å². The lowest BCUT2D eigenvalue weighted by molar-refractivity contribution is -0.131. The number of aromatic nitrogens is 2. The maximum Gasteiger partial charge on any atom is 0.239 e. The molecule has 0 atom stereocenters. The maximum absolute atomic E-state index is 12.6. The molecule has 0 radical (unpaired) electrons. The van der Waals surface area contributed by atoms with Crippen LogP contribution in [0.3, 0.4) is 0 Å². The molecule has 4 bridgehead atoms.